The highest BCUT2D eigenvalue weighted by Crippen LogP contribution is 2.35. The zero-order valence-corrected chi connectivity index (χ0v) is 13.6. The van der Waals surface area contributed by atoms with Gasteiger partial charge in [0.25, 0.3) is 0 Å². The summed E-state index contributed by atoms with van der Waals surface area (Å²) in [6.45, 7) is 1.21. The third-order valence-corrected chi connectivity index (χ3v) is 3.88. The van der Waals surface area contributed by atoms with E-state index in [-0.39, 0.29) is 5.69 Å². The summed E-state index contributed by atoms with van der Waals surface area (Å²) in [5.74, 6) is -2.67. The number of halogens is 5. The van der Waals surface area contributed by atoms with Gasteiger partial charge in [-0.1, -0.05) is 23.8 Å². The Morgan fingerprint density at radius 2 is 1.54 bits per heavy atom. The minimum absolute atomic E-state index is 0.246. The van der Waals surface area contributed by atoms with Gasteiger partial charge in [0.05, 0.1) is 11.3 Å². The van der Waals surface area contributed by atoms with Crippen molar-refractivity contribution >= 4 is 0 Å². The van der Waals surface area contributed by atoms with Crippen molar-refractivity contribution in [2.24, 2.45) is 0 Å². The summed E-state index contributed by atoms with van der Waals surface area (Å²) in [6.07, 6.45) is -3.37. The molecule has 3 rings (SSSR count). The molecule has 0 saturated heterocycles. The molecular formula is C19H14F5NO. The Hall–Kier alpha value is -2.83. The highest BCUT2D eigenvalue weighted by molar-refractivity contribution is 5.40. The fraction of sp³-hybridized carbons (Fsp3) is 0.158. The number of ether oxygens (including phenoxy) is 1. The average Bonchev–Trinajstić information content (AvgIpc) is 2.99. The molecule has 7 heteroatoms. The maximum absolute atomic E-state index is 13.7. The van der Waals surface area contributed by atoms with Crippen LogP contribution in [0.25, 0.3) is 5.69 Å². The second-order valence-electron chi connectivity index (χ2n) is 5.72. The normalized spacial score (nSPS) is 11.6. The fourth-order valence-electron chi connectivity index (χ4n) is 2.58. The third kappa shape index (κ3) is 3.56. The molecule has 0 radical (unpaired) electrons. The first-order valence-corrected chi connectivity index (χ1v) is 7.68. The van der Waals surface area contributed by atoms with Crippen LogP contribution in [0.2, 0.25) is 0 Å². The van der Waals surface area contributed by atoms with Crippen LogP contribution in [-0.4, -0.2) is 4.57 Å². The topological polar surface area (TPSA) is 14.2 Å². The lowest BCUT2D eigenvalue weighted by atomic mass is 10.2. The van der Waals surface area contributed by atoms with E-state index >= 15 is 0 Å². The van der Waals surface area contributed by atoms with E-state index in [0.717, 1.165) is 29.8 Å². The van der Waals surface area contributed by atoms with Gasteiger partial charge in [-0.05, 0) is 37.3 Å². The van der Waals surface area contributed by atoms with Gasteiger partial charge in [0.2, 0.25) is 0 Å². The lowest BCUT2D eigenvalue weighted by Crippen LogP contribution is -2.13. The molecule has 0 atom stereocenters. The smallest absolute Gasteiger partial charge is 0.418 e. The minimum atomic E-state index is -4.62. The third-order valence-electron chi connectivity index (χ3n) is 3.88. The molecule has 0 unspecified atom stereocenters. The standard InChI is InChI=1S/C19H14F5NO/c1-12-5-7-13(8-6-12)25-10-9-14(19(22,23)24)17(25)11-26-18-15(20)3-2-4-16(18)21/h2-10H,11H2,1H3. The maximum atomic E-state index is 13.7. The molecule has 0 aliphatic carbocycles. The Kier molecular flexibility index (Phi) is 4.71. The number of hydrogen-bond acceptors (Lipinski definition) is 1. The predicted octanol–water partition coefficient (Wildman–Crippen LogP) is 5.66. The Morgan fingerprint density at radius 3 is 2.12 bits per heavy atom. The maximum Gasteiger partial charge on any atom is 0.418 e. The van der Waals surface area contributed by atoms with Gasteiger partial charge >= 0.3 is 6.18 Å². The van der Waals surface area contributed by atoms with Crippen LogP contribution in [0.4, 0.5) is 22.0 Å². The van der Waals surface area contributed by atoms with Gasteiger partial charge in [0, 0.05) is 11.9 Å². The number of alkyl halides is 3. The Labute approximate surface area is 146 Å². The lowest BCUT2D eigenvalue weighted by Gasteiger charge is -2.15. The number of aryl methyl sites for hydroxylation is 1. The molecule has 0 N–H and O–H groups in total. The van der Waals surface area contributed by atoms with Gasteiger partial charge in [-0.3, -0.25) is 0 Å². The van der Waals surface area contributed by atoms with Crippen molar-refractivity contribution in [3.8, 4) is 11.4 Å². The van der Waals surface area contributed by atoms with Crippen LogP contribution in [0.1, 0.15) is 16.8 Å². The Balaban J connectivity index is 2.01. The number of rotatable bonds is 4. The molecule has 26 heavy (non-hydrogen) atoms. The molecule has 136 valence electrons. The van der Waals surface area contributed by atoms with Crippen molar-refractivity contribution in [3.63, 3.8) is 0 Å². The highest BCUT2D eigenvalue weighted by Gasteiger charge is 2.35. The summed E-state index contributed by atoms with van der Waals surface area (Å²) in [5.41, 5.74) is 0.265. The molecule has 0 spiro atoms. The second-order valence-corrected chi connectivity index (χ2v) is 5.72. The summed E-state index contributed by atoms with van der Waals surface area (Å²) in [7, 11) is 0. The van der Waals surface area contributed by atoms with Crippen molar-refractivity contribution < 1.29 is 26.7 Å². The molecule has 3 aromatic rings. The first kappa shape index (κ1) is 18.0. The molecule has 0 saturated carbocycles. The van der Waals surface area contributed by atoms with Crippen LogP contribution >= 0.6 is 0 Å². The quantitative estimate of drug-likeness (QED) is 0.543. The minimum Gasteiger partial charge on any atom is -0.481 e. The number of nitrogens with zero attached hydrogens (tertiary/aromatic N) is 1. The Morgan fingerprint density at radius 1 is 0.923 bits per heavy atom. The molecular weight excluding hydrogens is 353 g/mol. The highest BCUT2D eigenvalue weighted by atomic mass is 19.4. The largest absolute Gasteiger partial charge is 0.481 e. The van der Waals surface area contributed by atoms with Crippen molar-refractivity contribution in [2.75, 3.05) is 0 Å². The molecule has 0 amide bonds. The van der Waals surface area contributed by atoms with Crippen LogP contribution in [0.3, 0.4) is 0 Å². The van der Waals surface area contributed by atoms with Crippen molar-refractivity contribution in [2.45, 2.75) is 19.7 Å². The summed E-state index contributed by atoms with van der Waals surface area (Å²) in [6, 6.07) is 10.8. The van der Waals surface area contributed by atoms with Crippen molar-refractivity contribution in [1.29, 1.82) is 0 Å². The molecule has 0 fully saturated rings. The van der Waals surface area contributed by atoms with E-state index < -0.39 is 35.7 Å². The van der Waals surface area contributed by atoms with E-state index in [1.54, 1.807) is 24.3 Å². The number of benzene rings is 2. The molecule has 0 aliphatic rings. The first-order chi connectivity index (χ1) is 12.3. The predicted molar refractivity (Wildman–Crippen MR) is 86.2 cm³/mol. The van der Waals surface area contributed by atoms with E-state index in [1.165, 1.54) is 10.8 Å². The van der Waals surface area contributed by atoms with Gasteiger partial charge in [0.1, 0.15) is 6.61 Å². The number of para-hydroxylation sites is 1. The van der Waals surface area contributed by atoms with E-state index in [9.17, 15) is 22.0 Å². The van der Waals surface area contributed by atoms with E-state index in [2.05, 4.69) is 0 Å². The SMILES string of the molecule is Cc1ccc(-n2ccc(C(F)(F)F)c2COc2c(F)cccc2F)cc1. The van der Waals surface area contributed by atoms with E-state index in [0.29, 0.717) is 5.69 Å². The molecule has 1 aromatic heterocycles. The molecule has 2 aromatic carbocycles. The Bertz CT molecular complexity index is 892. The average molecular weight is 367 g/mol. The molecule has 0 bridgehead atoms. The van der Waals surface area contributed by atoms with Gasteiger partial charge < -0.3 is 9.30 Å². The molecule has 2 nitrogen and oxygen atoms in total. The number of hydrogen-bond donors (Lipinski definition) is 0. The van der Waals surface area contributed by atoms with Crippen LogP contribution < -0.4 is 4.74 Å². The van der Waals surface area contributed by atoms with Crippen molar-refractivity contribution in [3.05, 3.63) is 83.2 Å². The summed E-state index contributed by atoms with van der Waals surface area (Å²) in [4.78, 5) is 0. The summed E-state index contributed by atoms with van der Waals surface area (Å²) in [5, 5.41) is 0. The van der Waals surface area contributed by atoms with Gasteiger partial charge in [-0.2, -0.15) is 13.2 Å². The summed E-state index contributed by atoms with van der Waals surface area (Å²) >= 11 is 0. The molecule has 0 aliphatic heterocycles. The zero-order valence-electron chi connectivity index (χ0n) is 13.6. The summed E-state index contributed by atoms with van der Waals surface area (Å²) < 4.78 is 73.7. The van der Waals surface area contributed by atoms with Gasteiger partial charge in [-0.15, -0.1) is 0 Å². The van der Waals surface area contributed by atoms with Crippen molar-refractivity contribution in [1.82, 2.24) is 4.57 Å². The van der Waals surface area contributed by atoms with Gasteiger partial charge in [0.15, 0.2) is 17.4 Å². The molecule has 1 heterocycles. The fourth-order valence-corrected chi connectivity index (χ4v) is 2.58. The monoisotopic (exact) mass is 367 g/mol. The first-order valence-electron chi connectivity index (χ1n) is 7.68. The van der Waals surface area contributed by atoms with Crippen LogP contribution in [-0.2, 0) is 12.8 Å². The number of aromatic nitrogens is 1. The van der Waals surface area contributed by atoms with Crippen LogP contribution in [0.15, 0.2) is 54.7 Å². The van der Waals surface area contributed by atoms with Crippen LogP contribution in [0.5, 0.6) is 5.75 Å². The van der Waals surface area contributed by atoms with E-state index in [1.807, 2.05) is 6.92 Å². The second kappa shape index (κ2) is 6.82. The zero-order chi connectivity index (χ0) is 18.9. The van der Waals surface area contributed by atoms with Gasteiger partial charge in [-0.25, -0.2) is 8.78 Å². The lowest BCUT2D eigenvalue weighted by molar-refractivity contribution is -0.138. The van der Waals surface area contributed by atoms with Crippen LogP contribution in [0, 0.1) is 18.6 Å². The van der Waals surface area contributed by atoms with E-state index in [4.69, 9.17) is 4.74 Å².